The fourth-order valence-corrected chi connectivity index (χ4v) is 3.77. The molecule has 0 amide bonds. The van der Waals surface area contributed by atoms with Gasteiger partial charge in [0.25, 0.3) is 0 Å². The van der Waals surface area contributed by atoms with E-state index >= 15 is 0 Å². The number of rotatable bonds is 5. The lowest BCUT2D eigenvalue weighted by Crippen LogP contribution is -2.37. The molecule has 0 unspecified atom stereocenters. The fourth-order valence-electron chi connectivity index (χ4n) is 3.77. The first-order valence-electron chi connectivity index (χ1n) is 9.62. The van der Waals surface area contributed by atoms with Crippen LogP contribution in [0.1, 0.15) is 17.8 Å². The second-order valence-electron chi connectivity index (χ2n) is 7.19. The Balaban J connectivity index is 1.31. The van der Waals surface area contributed by atoms with Gasteiger partial charge in [0.15, 0.2) is 5.82 Å². The highest BCUT2D eigenvalue weighted by Gasteiger charge is 2.23. The monoisotopic (exact) mass is 389 g/mol. The van der Waals surface area contributed by atoms with Crippen molar-refractivity contribution < 1.29 is 4.39 Å². The van der Waals surface area contributed by atoms with Gasteiger partial charge in [0.1, 0.15) is 11.6 Å². The third-order valence-corrected chi connectivity index (χ3v) is 5.30. The van der Waals surface area contributed by atoms with Crippen LogP contribution in [0.5, 0.6) is 0 Å². The maximum Gasteiger partial charge on any atom is 0.164 e. The molecule has 1 atom stereocenters. The Morgan fingerprint density at radius 3 is 2.83 bits per heavy atom. The van der Waals surface area contributed by atoms with E-state index in [9.17, 15) is 4.39 Å². The van der Waals surface area contributed by atoms with E-state index < -0.39 is 0 Å². The van der Waals surface area contributed by atoms with Crippen LogP contribution in [0.4, 0.5) is 4.39 Å². The average Bonchev–Trinajstić information content (AvgIpc) is 3.40. The van der Waals surface area contributed by atoms with Crippen molar-refractivity contribution in [3.63, 3.8) is 0 Å². The Bertz CT molecular complexity index is 1100. The Morgan fingerprint density at radius 1 is 1.10 bits per heavy atom. The smallest absolute Gasteiger partial charge is 0.164 e. The Kier molecular flexibility index (Phi) is 4.61. The molecule has 146 valence electrons. The molecule has 2 N–H and O–H groups in total. The lowest BCUT2D eigenvalue weighted by atomic mass is 10.1. The van der Waals surface area contributed by atoms with Crippen molar-refractivity contribution in [3.05, 3.63) is 72.2 Å². The zero-order valence-corrected chi connectivity index (χ0v) is 15.7. The molecule has 0 aliphatic carbocycles. The Hall–Kier alpha value is -3.39. The van der Waals surface area contributed by atoms with Crippen molar-refractivity contribution in [1.82, 2.24) is 35.3 Å². The minimum Gasteiger partial charge on any atom is -0.309 e. The average molecular weight is 389 g/mol. The summed E-state index contributed by atoms with van der Waals surface area (Å²) in [7, 11) is 0. The van der Waals surface area contributed by atoms with Crippen LogP contribution in [-0.2, 0) is 19.5 Å². The largest absolute Gasteiger partial charge is 0.309 e. The number of H-pyrrole nitrogens is 1. The van der Waals surface area contributed by atoms with Gasteiger partial charge in [0, 0.05) is 54.6 Å². The molecule has 0 fully saturated rings. The van der Waals surface area contributed by atoms with Crippen LogP contribution in [0.15, 0.2) is 55.0 Å². The normalized spacial score (nSPS) is 16.0. The predicted octanol–water partition coefficient (Wildman–Crippen LogP) is 2.97. The molecule has 4 heterocycles. The SMILES string of the molecule is Fc1ccc(-c2nnc3n2C[C@@H](NCc2cn[nH]c2-c2cccnc2)CC3)cc1. The van der Waals surface area contributed by atoms with Crippen LogP contribution < -0.4 is 5.32 Å². The van der Waals surface area contributed by atoms with Gasteiger partial charge in [-0.1, -0.05) is 0 Å². The Morgan fingerprint density at radius 2 is 2.00 bits per heavy atom. The van der Waals surface area contributed by atoms with E-state index in [0.29, 0.717) is 6.54 Å². The molecule has 4 aromatic rings. The van der Waals surface area contributed by atoms with Gasteiger partial charge in [-0.25, -0.2) is 4.39 Å². The van der Waals surface area contributed by atoms with E-state index in [0.717, 1.165) is 53.4 Å². The molecule has 0 saturated carbocycles. The van der Waals surface area contributed by atoms with Crippen LogP contribution >= 0.6 is 0 Å². The van der Waals surface area contributed by atoms with Gasteiger partial charge in [-0.2, -0.15) is 5.10 Å². The van der Waals surface area contributed by atoms with Gasteiger partial charge < -0.3 is 9.88 Å². The zero-order valence-electron chi connectivity index (χ0n) is 15.7. The lowest BCUT2D eigenvalue weighted by Gasteiger charge is -2.25. The van der Waals surface area contributed by atoms with E-state index in [2.05, 4.69) is 35.3 Å². The predicted molar refractivity (Wildman–Crippen MR) is 106 cm³/mol. The number of halogens is 1. The standard InChI is InChI=1S/C21H20FN7/c22-17-5-3-14(4-6-17)21-28-26-19-8-7-18(13-29(19)21)24-11-16-12-25-27-20(16)15-2-1-9-23-10-15/h1-6,9-10,12,18,24H,7-8,11,13H2,(H,25,27)/t18-/m0/s1. The van der Waals surface area contributed by atoms with Gasteiger partial charge in [-0.15, -0.1) is 10.2 Å². The number of aromatic nitrogens is 6. The number of nitrogens with zero attached hydrogens (tertiary/aromatic N) is 5. The summed E-state index contributed by atoms with van der Waals surface area (Å²) in [4.78, 5) is 4.19. The van der Waals surface area contributed by atoms with Crippen LogP contribution in [0.3, 0.4) is 0 Å². The lowest BCUT2D eigenvalue weighted by molar-refractivity contribution is 0.381. The van der Waals surface area contributed by atoms with Gasteiger partial charge >= 0.3 is 0 Å². The number of aromatic amines is 1. The zero-order chi connectivity index (χ0) is 19.6. The van der Waals surface area contributed by atoms with Crippen LogP contribution in [-0.4, -0.2) is 36.0 Å². The summed E-state index contributed by atoms with van der Waals surface area (Å²) < 4.78 is 15.4. The third kappa shape index (κ3) is 3.54. The third-order valence-electron chi connectivity index (χ3n) is 5.30. The van der Waals surface area contributed by atoms with Gasteiger partial charge in [0.05, 0.1) is 11.9 Å². The Labute approximate surface area is 167 Å². The van der Waals surface area contributed by atoms with Crippen molar-refractivity contribution in [2.45, 2.75) is 32.0 Å². The van der Waals surface area contributed by atoms with Crippen molar-refractivity contribution in [2.24, 2.45) is 0 Å². The molecule has 0 saturated heterocycles. The van der Waals surface area contributed by atoms with Crippen LogP contribution in [0, 0.1) is 5.82 Å². The molecule has 5 rings (SSSR count). The highest BCUT2D eigenvalue weighted by atomic mass is 19.1. The van der Waals surface area contributed by atoms with E-state index in [1.165, 1.54) is 12.1 Å². The number of fused-ring (bicyclic) bond motifs is 1. The second-order valence-corrected chi connectivity index (χ2v) is 7.19. The number of nitrogens with one attached hydrogen (secondary N) is 2. The number of pyridine rings is 1. The van der Waals surface area contributed by atoms with Crippen molar-refractivity contribution in [3.8, 4) is 22.6 Å². The summed E-state index contributed by atoms with van der Waals surface area (Å²) in [6.45, 7) is 1.48. The van der Waals surface area contributed by atoms with Crippen molar-refractivity contribution >= 4 is 0 Å². The van der Waals surface area contributed by atoms with Crippen molar-refractivity contribution in [2.75, 3.05) is 0 Å². The first-order chi connectivity index (χ1) is 14.3. The summed E-state index contributed by atoms with van der Waals surface area (Å²) in [5.41, 5.74) is 3.98. The minimum atomic E-state index is -0.254. The molecular weight excluding hydrogens is 369 g/mol. The van der Waals surface area contributed by atoms with Gasteiger partial charge in [0.2, 0.25) is 0 Å². The fraction of sp³-hybridized carbons (Fsp3) is 0.238. The number of benzene rings is 1. The summed E-state index contributed by atoms with van der Waals surface area (Å²) in [5, 5.41) is 19.6. The molecule has 1 aliphatic heterocycles. The molecule has 8 heteroatoms. The molecule has 0 bridgehead atoms. The minimum absolute atomic E-state index is 0.254. The van der Waals surface area contributed by atoms with Crippen LogP contribution in [0.2, 0.25) is 0 Å². The molecular formula is C21H20FN7. The highest BCUT2D eigenvalue weighted by molar-refractivity contribution is 5.61. The topological polar surface area (TPSA) is 84.3 Å². The highest BCUT2D eigenvalue weighted by Crippen LogP contribution is 2.24. The first-order valence-corrected chi connectivity index (χ1v) is 9.62. The molecule has 1 aliphatic rings. The summed E-state index contributed by atoms with van der Waals surface area (Å²) in [5.74, 6) is 1.50. The first kappa shape index (κ1) is 17.7. The summed E-state index contributed by atoms with van der Waals surface area (Å²) in [6.07, 6.45) is 7.28. The maximum atomic E-state index is 13.3. The van der Waals surface area contributed by atoms with E-state index in [1.807, 2.05) is 24.5 Å². The van der Waals surface area contributed by atoms with E-state index in [-0.39, 0.29) is 11.9 Å². The number of hydrogen-bond acceptors (Lipinski definition) is 5. The molecule has 3 aromatic heterocycles. The van der Waals surface area contributed by atoms with Crippen molar-refractivity contribution in [1.29, 1.82) is 0 Å². The molecule has 0 spiro atoms. The molecule has 0 radical (unpaired) electrons. The number of hydrogen-bond donors (Lipinski definition) is 2. The quantitative estimate of drug-likeness (QED) is 0.548. The second kappa shape index (κ2) is 7.56. The van der Waals surface area contributed by atoms with E-state index in [1.54, 1.807) is 18.3 Å². The summed E-state index contributed by atoms with van der Waals surface area (Å²) in [6, 6.07) is 10.6. The molecule has 7 nitrogen and oxygen atoms in total. The number of aryl methyl sites for hydroxylation is 1. The molecule has 29 heavy (non-hydrogen) atoms. The van der Waals surface area contributed by atoms with Crippen LogP contribution in [0.25, 0.3) is 22.6 Å². The summed E-state index contributed by atoms with van der Waals surface area (Å²) >= 11 is 0. The molecule has 1 aromatic carbocycles. The van der Waals surface area contributed by atoms with Gasteiger partial charge in [-0.3, -0.25) is 10.1 Å². The maximum absolute atomic E-state index is 13.3. The van der Waals surface area contributed by atoms with Gasteiger partial charge in [-0.05, 0) is 42.8 Å². The van der Waals surface area contributed by atoms with E-state index in [4.69, 9.17) is 0 Å².